The molecule has 28 heavy (non-hydrogen) atoms. The zero-order valence-electron chi connectivity index (χ0n) is 16.8. The van der Waals surface area contributed by atoms with Gasteiger partial charge in [0.05, 0.1) is 16.2 Å². The van der Waals surface area contributed by atoms with E-state index in [2.05, 4.69) is 22.9 Å². The van der Waals surface area contributed by atoms with Crippen LogP contribution in [0.3, 0.4) is 0 Å². The van der Waals surface area contributed by atoms with E-state index < -0.39 is 0 Å². The average molecular weight is 466 g/mol. The fourth-order valence-corrected chi connectivity index (χ4v) is 5.37. The molecule has 5 nitrogen and oxygen atoms in total. The minimum Gasteiger partial charge on any atom is -0.339 e. The molecule has 1 amide bonds. The van der Waals surface area contributed by atoms with Crippen LogP contribution >= 0.6 is 27.7 Å². The molecule has 0 aliphatic heterocycles. The summed E-state index contributed by atoms with van der Waals surface area (Å²) >= 11 is 4.81. The first kappa shape index (κ1) is 21.4. The van der Waals surface area contributed by atoms with Crippen molar-refractivity contribution in [3.05, 3.63) is 33.0 Å². The molecular formula is C21H28BrN3O2S. The largest absolute Gasteiger partial charge is 0.339 e. The van der Waals surface area contributed by atoms with Crippen molar-refractivity contribution in [2.75, 3.05) is 6.54 Å². The number of hydrogen-bond donors (Lipinski definition) is 0. The van der Waals surface area contributed by atoms with Gasteiger partial charge in [0.15, 0.2) is 5.16 Å². The third kappa shape index (κ3) is 4.46. The lowest BCUT2D eigenvalue weighted by molar-refractivity contribution is -0.133. The lowest BCUT2D eigenvalue weighted by Gasteiger charge is -2.35. The van der Waals surface area contributed by atoms with E-state index in [1.54, 1.807) is 4.57 Å². The van der Waals surface area contributed by atoms with Gasteiger partial charge in [-0.15, -0.1) is 0 Å². The molecule has 1 aromatic carbocycles. The number of thioether (sulfide) groups is 1. The van der Waals surface area contributed by atoms with Crippen LogP contribution in [0.5, 0.6) is 0 Å². The minimum absolute atomic E-state index is 0.0597. The van der Waals surface area contributed by atoms with Crippen molar-refractivity contribution in [3.8, 4) is 0 Å². The third-order valence-corrected chi connectivity index (χ3v) is 7.04. The summed E-state index contributed by atoms with van der Waals surface area (Å²) in [6, 6.07) is 5.89. The molecule has 0 bridgehead atoms. The number of fused-ring (bicyclic) bond motifs is 1. The SMILES string of the molecule is CCN(C(=O)C(C)Sc1nc2ccc(Br)cc2c(=O)n1CC)C1CCCCC1. The Hall–Kier alpha value is -1.34. The smallest absolute Gasteiger partial charge is 0.262 e. The quantitative estimate of drug-likeness (QED) is 0.452. The van der Waals surface area contributed by atoms with Gasteiger partial charge in [0.25, 0.3) is 5.56 Å². The van der Waals surface area contributed by atoms with E-state index in [-0.39, 0.29) is 16.7 Å². The van der Waals surface area contributed by atoms with Crippen LogP contribution in [-0.2, 0) is 11.3 Å². The third-order valence-electron chi connectivity index (χ3n) is 5.47. The van der Waals surface area contributed by atoms with Crippen LogP contribution in [0.4, 0.5) is 0 Å². The summed E-state index contributed by atoms with van der Waals surface area (Å²) in [6.07, 6.45) is 5.87. The molecule has 3 rings (SSSR count). The summed E-state index contributed by atoms with van der Waals surface area (Å²) < 4.78 is 2.52. The highest BCUT2D eigenvalue weighted by Crippen LogP contribution is 2.28. The second kappa shape index (κ2) is 9.44. The van der Waals surface area contributed by atoms with Crippen molar-refractivity contribution in [2.45, 2.75) is 75.9 Å². The van der Waals surface area contributed by atoms with E-state index >= 15 is 0 Å². The molecule has 0 saturated heterocycles. The fraction of sp³-hybridized carbons (Fsp3) is 0.571. The molecule has 152 valence electrons. The highest BCUT2D eigenvalue weighted by molar-refractivity contribution is 9.10. The number of amides is 1. The van der Waals surface area contributed by atoms with Gasteiger partial charge in [-0.25, -0.2) is 4.98 Å². The predicted octanol–water partition coefficient (Wildman–Crippen LogP) is 4.84. The van der Waals surface area contributed by atoms with Crippen molar-refractivity contribution < 1.29 is 4.79 Å². The Balaban J connectivity index is 1.87. The topological polar surface area (TPSA) is 55.2 Å². The summed E-state index contributed by atoms with van der Waals surface area (Å²) in [6.45, 7) is 7.17. The number of carbonyl (C=O) groups is 1. The van der Waals surface area contributed by atoms with E-state index in [0.717, 1.165) is 23.9 Å². The maximum atomic E-state index is 13.2. The Morgan fingerprint density at radius 1 is 1.32 bits per heavy atom. The molecule has 7 heteroatoms. The molecule has 2 aromatic rings. The molecule has 1 fully saturated rings. The number of hydrogen-bond acceptors (Lipinski definition) is 4. The average Bonchev–Trinajstić information content (AvgIpc) is 2.70. The molecule has 0 radical (unpaired) electrons. The van der Waals surface area contributed by atoms with Crippen LogP contribution in [-0.4, -0.2) is 38.2 Å². The maximum absolute atomic E-state index is 13.2. The van der Waals surface area contributed by atoms with Gasteiger partial charge in [-0.05, 0) is 51.8 Å². The van der Waals surface area contributed by atoms with Crippen molar-refractivity contribution in [1.82, 2.24) is 14.5 Å². The lowest BCUT2D eigenvalue weighted by atomic mass is 9.94. The van der Waals surface area contributed by atoms with Crippen LogP contribution in [0, 0.1) is 0 Å². The van der Waals surface area contributed by atoms with Gasteiger partial charge in [0.1, 0.15) is 0 Å². The Morgan fingerprint density at radius 3 is 2.68 bits per heavy atom. The van der Waals surface area contributed by atoms with Gasteiger partial charge in [-0.1, -0.05) is 47.0 Å². The standard InChI is InChI=1S/C21H28BrN3O2S/c1-4-24(16-9-7-6-8-10-16)19(26)14(3)28-21-23-18-12-11-15(22)13-17(18)20(27)25(21)5-2/h11-14,16H,4-10H2,1-3H3. The van der Waals surface area contributed by atoms with Crippen molar-refractivity contribution >= 4 is 44.5 Å². The minimum atomic E-state index is -0.278. The zero-order chi connectivity index (χ0) is 20.3. The van der Waals surface area contributed by atoms with Gasteiger partial charge >= 0.3 is 0 Å². The van der Waals surface area contributed by atoms with Crippen molar-refractivity contribution in [2.24, 2.45) is 0 Å². The summed E-state index contributed by atoms with van der Waals surface area (Å²) in [7, 11) is 0. The van der Waals surface area contributed by atoms with E-state index in [1.807, 2.05) is 36.9 Å². The first-order chi connectivity index (χ1) is 13.5. The molecule has 1 saturated carbocycles. The molecule has 1 aliphatic carbocycles. The molecule has 1 aliphatic rings. The van der Waals surface area contributed by atoms with E-state index in [9.17, 15) is 9.59 Å². The summed E-state index contributed by atoms with van der Waals surface area (Å²) in [5, 5.41) is 0.930. The summed E-state index contributed by atoms with van der Waals surface area (Å²) in [4.78, 5) is 32.8. The van der Waals surface area contributed by atoms with Crippen LogP contribution < -0.4 is 5.56 Å². The predicted molar refractivity (Wildman–Crippen MR) is 119 cm³/mol. The Bertz CT molecular complexity index is 908. The molecule has 1 heterocycles. The molecule has 1 atom stereocenters. The van der Waals surface area contributed by atoms with Crippen LogP contribution in [0.15, 0.2) is 32.6 Å². The van der Waals surface area contributed by atoms with Gasteiger partial charge in [-0.3, -0.25) is 14.2 Å². The maximum Gasteiger partial charge on any atom is 0.262 e. The Morgan fingerprint density at radius 2 is 2.04 bits per heavy atom. The van der Waals surface area contributed by atoms with Crippen molar-refractivity contribution in [1.29, 1.82) is 0 Å². The number of rotatable bonds is 6. The Kier molecular flexibility index (Phi) is 7.20. The number of carbonyl (C=O) groups excluding carboxylic acids is 1. The Labute approximate surface area is 179 Å². The number of halogens is 1. The summed E-state index contributed by atoms with van der Waals surface area (Å²) in [5.41, 5.74) is 0.607. The van der Waals surface area contributed by atoms with Crippen molar-refractivity contribution in [3.63, 3.8) is 0 Å². The first-order valence-electron chi connectivity index (χ1n) is 10.1. The first-order valence-corrected chi connectivity index (χ1v) is 11.8. The molecule has 0 spiro atoms. The molecule has 1 aromatic heterocycles. The molecule has 1 unspecified atom stereocenters. The number of aromatic nitrogens is 2. The monoisotopic (exact) mass is 465 g/mol. The fourth-order valence-electron chi connectivity index (χ4n) is 3.97. The van der Waals surface area contributed by atoms with Gasteiger partial charge in [0, 0.05) is 23.6 Å². The van der Waals surface area contributed by atoms with E-state index in [1.165, 1.54) is 31.0 Å². The summed E-state index contributed by atoms with van der Waals surface area (Å²) in [5.74, 6) is 0.146. The van der Waals surface area contributed by atoms with E-state index in [4.69, 9.17) is 4.98 Å². The number of nitrogens with zero attached hydrogens (tertiary/aromatic N) is 3. The van der Waals surface area contributed by atoms with Gasteiger partial charge in [0.2, 0.25) is 5.91 Å². The van der Waals surface area contributed by atoms with Gasteiger partial charge in [-0.2, -0.15) is 0 Å². The zero-order valence-corrected chi connectivity index (χ0v) is 19.2. The number of benzene rings is 1. The van der Waals surface area contributed by atoms with Crippen LogP contribution in [0.1, 0.15) is 52.9 Å². The van der Waals surface area contributed by atoms with E-state index in [0.29, 0.717) is 28.6 Å². The van der Waals surface area contributed by atoms with Crippen LogP contribution in [0.2, 0.25) is 0 Å². The second-order valence-electron chi connectivity index (χ2n) is 7.28. The normalized spacial score (nSPS) is 16.3. The highest BCUT2D eigenvalue weighted by Gasteiger charge is 2.29. The van der Waals surface area contributed by atoms with Gasteiger partial charge < -0.3 is 4.90 Å². The molecular weight excluding hydrogens is 438 g/mol. The molecule has 0 N–H and O–H groups in total. The van der Waals surface area contributed by atoms with Crippen LogP contribution in [0.25, 0.3) is 10.9 Å². The lowest BCUT2D eigenvalue weighted by Crippen LogP contribution is -2.44. The second-order valence-corrected chi connectivity index (χ2v) is 9.51. The highest BCUT2D eigenvalue weighted by atomic mass is 79.9.